The van der Waals surface area contributed by atoms with Crippen LogP contribution in [0.25, 0.3) is 0 Å². The summed E-state index contributed by atoms with van der Waals surface area (Å²) in [6.07, 6.45) is 1.63. The number of hydrogen-bond acceptors (Lipinski definition) is 5. The van der Waals surface area contributed by atoms with E-state index in [1.807, 2.05) is 0 Å². The summed E-state index contributed by atoms with van der Waals surface area (Å²) in [5.41, 5.74) is 0.935. The summed E-state index contributed by atoms with van der Waals surface area (Å²) in [6.45, 7) is 0.120. The highest BCUT2D eigenvalue weighted by atomic mass is 35.5. The molecule has 0 atom stereocenters. The lowest BCUT2D eigenvalue weighted by molar-refractivity contribution is 0.0597. The molecule has 0 spiro atoms. The number of rotatable bonds is 4. The molecule has 0 unspecified atom stereocenters. The number of nitrogens with zero attached hydrogens (tertiary/aromatic N) is 2. The van der Waals surface area contributed by atoms with Crippen molar-refractivity contribution in [2.45, 2.75) is 6.61 Å². The van der Waals surface area contributed by atoms with Crippen molar-refractivity contribution < 1.29 is 14.3 Å². The standard InChI is InChI=1S/C12H11ClN2O3S/c1-17-12(16)8-3-2-4-10(13)9(8)7-18-11-5-6-15(19)14-11/h2-6,19H,7H2,1H3. The molecular formula is C12H11ClN2O3S. The van der Waals surface area contributed by atoms with Crippen LogP contribution in [0.3, 0.4) is 0 Å². The van der Waals surface area contributed by atoms with E-state index in [-0.39, 0.29) is 6.61 Å². The van der Waals surface area contributed by atoms with Gasteiger partial charge in [-0.1, -0.05) is 17.7 Å². The van der Waals surface area contributed by atoms with Crippen molar-refractivity contribution in [2.24, 2.45) is 0 Å². The highest BCUT2D eigenvalue weighted by Gasteiger charge is 2.15. The topological polar surface area (TPSA) is 53.4 Å². The lowest BCUT2D eigenvalue weighted by Gasteiger charge is -2.10. The van der Waals surface area contributed by atoms with Gasteiger partial charge in [0.25, 0.3) is 0 Å². The van der Waals surface area contributed by atoms with Gasteiger partial charge in [0.2, 0.25) is 5.88 Å². The molecule has 0 saturated heterocycles. The molecule has 1 heterocycles. The van der Waals surface area contributed by atoms with Crippen LogP contribution in [0.15, 0.2) is 30.5 Å². The average molecular weight is 299 g/mol. The van der Waals surface area contributed by atoms with Crippen LogP contribution >= 0.6 is 24.4 Å². The third-order valence-electron chi connectivity index (χ3n) is 2.44. The van der Waals surface area contributed by atoms with Gasteiger partial charge in [-0.3, -0.25) is 0 Å². The first kappa shape index (κ1) is 13.8. The predicted molar refractivity (Wildman–Crippen MR) is 73.7 cm³/mol. The Kier molecular flexibility index (Phi) is 4.34. The molecule has 7 heteroatoms. The van der Waals surface area contributed by atoms with Crippen molar-refractivity contribution in [1.29, 1.82) is 0 Å². The summed E-state index contributed by atoms with van der Waals surface area (Å²) in [4.78, 5) is 11.6. The Morgan fingerprint density at radius 2 is 2.26 bits per heavy atom. The van der Waals surface area contributed by atoms with Crippen LogP contribution in [0, 0.1) is 0 Å². The number of methoxy groups -OCH3 is 1. The van der Waals surface area contributed by atoms with Gasteiger partial charge in [0.05, 0.1) is 12.7 Å². The molecule has 1 aromatic carbocycles. The second kappa shape index (κ2) is 5.99. The van der Waals surface area contributed by atoms with Crippen LogP contribution in [0.2, 0.25) is 5.02 Å². The summed E-state index contributed by atoms with van der Waals surface area (Å²) in [5, 5.41) is 4.39. The first-order valence-corrected chi connectivity index (χ1v) is 6.13. The van der Waals surface area contributed by atoms with E-state index in [4.69, 9.17) is 21.1 Å². The van der Waals surface area contributed by atoms with E-state index in [0.29, 0.717) is 22.0 Å². The zero-order valence-corrected chi connectivity index (χ0v) is 11.7. The summed E-state index contributed by atoms with van der Waals surface area (Å²) in [6, 6.07) is 6.65. The molecule has 0 aliphatic carbocycles. The molecule has 0 fully saturated rings. The van der Waals surface area contributed by atoms with Crippen molar-refractivity contribution >= 4 is 30.4 Å². The first-order valence-electron chi connectivity index (χ1n) is 5.35. The van der Waals surface area contributed by atoms with E-state index in [1.165, 1.54) is 11.2 Å². The van der Waals surface area contributed by atoms with Gasteiger partial charge < -0.3 is 9.47 Å². The highest BCUT2D eigenvalue weighted by molar-refractivity contribution is 7.78. The largest absolute Gasteiger partial charge is 0.472 e. The van der Waals surface area contributed by atoms with Crippen molar-refractivity contribution in [2.75, 3.05) is 7.11 Å². The maximum Gasteiger partial charge on any atom is 0.338 e. The van der Waals surface area contributed by atoms with Gasteiger partial charge in [0.1, 0.15) is 6.61 Å². The minimum atomic E-state index is -0.458. The maximum atomic E-state index is 11.6. The third-order valence-corrected chi connectivity index (χ3v) is 3.02. The van der Waals surface area contributed by atoms with Gasteiger partial charge in [-0.25, -0.2) is 8.88 Å². The zero-order chi connectivity index (χ0) is 13.8. The Balaban J connectivity index is 2.21. The second-order valence-electron chi connectivity index (χ2n) is 3.62. The Bertz CT molecular complexity index is 600. The van der Waals surface area contributed by atoms with Gasteiger partial charge in [-0.15, -0.1) is 5.10 Å². The average Bonchev–Trinajstić information content (AvgIpc) is 2.82. The smallest absolute Gasteiger partial charge is 0.338 e. The van der Waals surface area contributed by atoms with Crippen LogP contribution in [0.1, 0.15) is 15.9 Å². The number of benzene rings is 1. The van der Waals surface area contributed by atoms with Crippen LogP contribution in [0.5, 0.6) is 5.88 Å². The van der Waals surface area contributed by atoms with Crippen LogP contribution in [-0.4, -0.2) is 22.3 Å². The Hall–Kier alpha value is -1.66. The molecule has 2 rings (SSSR count). The second-order valence-corrected chi connectivity index (χ2v) is 4.44. The van der Waals surface area contributed by atoms with Gasteiger partial charge >= 0.3 is 5.97 Å². The van der Waals surface area contributed by atoms with E-state index in [9.17, 15) is 4.79 Å². The number of halogens is 1. The Morgan fingerprint density at radius 3 is 2.89 bits per heavy atom. The molecular weight excluding hydrogens is 288 g/mol. The molecule has 5 nitrogen and oxygen atoms in total. The molecule has 0 N–H and O–H groups in total. The van der Waals surface area contributed by atoms with E-state index in [0.717, 1.165) is 0 Å². The number of aromatic nitrogens is 2. The summed E-state index contributed by atoms with van der Waals surface area (Å²) in [7, 11) is 1.32. The molecule has 0 aliphatic heterocycles. The number of ether oxygens (including phenoxy) is 2. The van der Waals surface area contributed by atoms with E-state index in [1.54, 1.807) is 30.5 Å². The molecule has 100 valence electrons. The van der Waals surface area contributed by atoms with Gasteiger partial charge in [0.15, 0.2) is 0 Å². The fourth-order valence-electron chi connectivity index (χ4n) is 1.53. The SMILES string of the molecule is COC(=O)c1cccc(Cl)c1COc1ccn(S)n1. The van der Waals surface area contributed by atoms with Crippen LogP contribution in [-0.2, 0) is 11.3 Å². The van der Waals surface area contributed by atoms with Crippen LogP contribution in [0.4, 0.5) is 0 Å². The molecule has 0 aliphatic rings. The molecule has 0 saturated carbocycles. The summed E-state index contributed by atoms with van der Waals surface area (Å²) in [5.74, 6) is -0.0634. The minimum absolute atomic E-state index is 0.120. The number of hydrogen-bond donors (Lipinski definition) is 1. The zero-order valence-electron chi connectivity index (χ0n) is 10.0. The molecule has 0 bridgehead atoms. The number of esters is 1. The lowest BCUT2D eigenvalue weighted by Crippen LogP contribution is -2.08. The van der Waals surface area contributed by atoms with E-state index >= 15 is 0 Å². The Labute approximate surface area is 120 Å². The summed E-state index contributed by atoms with van der Waals surface area (Å²) >= 11 is 10.1. The predicted octanol–water partition coefficient (Wildman–Crippen LogP) is 2.60. The third kappa shape index (κ3) is 3.21. The summed E-state index contributed by atoms with van der Waals surface area (Å²) < 4.78 is 11.5. The molecule has 0 radical (unpaired) electrons. The maximum absolute atomic E-state index is 11.6. The lowest BCUT2D eigenvalue weighted by atomic mass is 10.1. The van der Waals surface area contributed by atoms with Gasteiger partial charge in [-0.2, -0.15) is 0 Å². The molecule has 0 amide bonds. The molecule has 2 aromatic rings. The van der Waals surface area contributed by atoms with E-state index < -0.39 is 5.97 Å². The van der Waals surface area contributed by atoms with Crippen molar-refractivity contribution in [3.8, 4) is 5.88 Å². The van der Waals surface area contributed by atoms with Gasteiger partial charge in [-0.05, 0) is 24.9 Å². The van der Waals surface area contributed by atoms with E-state index in [2.05, 4.69) is 17.9 Å². The quantitative estimate of drug-likeness (QED) is 0.696. The number of carbonyl (C=O) groups is 1. The van der Waals surface area contributed by atoms with Crippen molar-refractivity contribution in [1.82, 2.24) is 9.19 Å². The highest BCUT2D eigenvalue weighted by Crippen LogP contribution is 2.22. The fraction of sp³-hybridized carbons (Fsp3) is 0.167. The number of thiol groups is 1. The molecule has 19 heavy (non-hydrogen) atoms. The van der Waals surface area contributed by atoms with Crippen LogP contribution < -0.4 is 4.74 Å². The van der Waals surface area contributed by atoms with Crippen molar-refractivity contribution in [3.63, 3.8) is 0 Å². The first-order chi connectivity index (χ1) is 9.11. The van der Waals surface area contributed by atoms with Gasteiger partial charge in [0, 0.05) is 22.8 Å². The Morgan fingerprint density at radius 1 is 1.47 bits per heavy atom. The fourth-order valence-corrected chi connectivity index (χ4v) is 1.91. The minimum Gasteiger partial charge on any atom is -0.472 e. The monoisotopic (exact) mass is 298 g/mol. The van der Waals surface area contributed by atoms with Crippen molar-refractivity contribution in [3.05, 3.63) is 46.6 Å². The normalized spacial score (nSPS) is 10.3. The molecule has 1 aromatic heterocycles. The number of carbonyl (C=O) groups excluding carboxylic acids is 1.